The molecule has 1 heterocycles. The summed E-state index contributed by atoms with van der Waals surface area (Å²) in [5.41, 5.74) is 6.24. The van der Waals surface area contributed by atoms with Crippen molar-refractivity contribution in [1.82, 2.24) is 14.9 Å². The number of imidazole rings is 1. The quantitative estimate of drug-likeness (QED) is 0.587. The van der Waals surface area contributed by atoms with E-state index in [0.717, 1.165) is 38.2 Å². The number of primary amides is 1. The average Bonchev–Trinajstić information content (AvgIpc) is 2.78. The number of nitrogens with zero attached hydrogens (tertiary/aromatic N) is 2. The molecule has 1 aromatic heterocycles. The molecule has 102 valence electrons. The second-order valence-electron chi connectivity index (χ2n) is 4.17. The number of rotatable bonds is 10. The van der Waals surface area contributed by atoms with Crippen molar-refractivity contribution >= 4 is 5.91 Å². The van der Waals surface area contributed by atoms with Gasteiger partial charge in [0.25, 0.3) is 0 Å². The van der Waals surface area contributed by atoms with E-state index in [4.69, 9.17) is 10.5 Å². The third-order valence-corrected chi connectivity index (χ3v) is 2.66. The molecule has 1 amide bonds. The lowest BCUT2D eigenvalue weighted by Crippen LogP contribution is -2.20. The monoisotopic (exact) mass is 254 g/mol. The largest absolute Gasteiger partial charge is 0.383 e. The second-order valence-corrected chi connectivity index (χ2v) is 4.17. The van der Waals surface area contributed by atoms with Crippen LogP contribution in [0.5, 0.6) is 0 Å². The van der Waals surface area contributed by atoms with Gasteiger partial charge in [0.1, 0.15) is 0 Å². The standard InChI is InChI=1S/C12H22N4O2/c1-18-7-5-14-8-11-9-15-10-16(11)6-3-2-4-12(13)17/h9-10,14H,2-8H2,1H3,(H2,13,17). The molecule has 18 heavy (non-hydrogen) atoms. The Morgan fingerprint density at radius 3 is 3.11 bits per heavy atom. The van der Waals surface area contributed by atoms with Gasteiger partial charge in [-0.2, -0.15) is 0 Å². The minimum atomic E-state index is -0.234. The minimum absolute atomic E-state index is 0.234. The van der Waals surface area contributed by atoms with Gasteiger partial charge in [-0.25, -0.2) is 4.98 Å². The van der Waals surface area contributed by atoms with Crippen molar-refractivity contribution in [2.75, 3.05) is 20.3 Å². The summed E-state index contributed by atoms with van der Waals surface area (Å²) in [6.07, 6.45) is 5.88. The predicted octanol–water partition coefficient (Wildman–Crippen LogP) is 0.275. The minimum Gasteiger partial charge on any atom is -0.383 e. The first-order valence-corrected chi connectivity index (χ1v) is 6.21. The first kappa shape index (κ1) is 14.7. The molecule has 1 aromatic rings. The van der Waals surface area contributed by atoms with Crippen LogP contribution < -0.4 is 11.1 Å². The summed E-state index contributed by atoms with van der Waals surface area (Å²) >= 11 is 0. The van der Waals surface area contributed by atoms with Crippen LogP contribution in [-0.2, 0) is 22.6 Å². The predicted molar refractivity (Wildman–Crippen MR) is 68.9 cm³/mol. The zero-order valence-electron chi connectivity index (χ0n) is 10.9. The molecule has 6 heteroatoms. The topological polar surface area (TPSA) is 82.2 Å². The van der Waals surface area contributed by atoms with Crippen LogP contribution in [0.3, 0.4) is 0 Å². The SMILES string of the molecule is COCCNCc1cncn1CCCCC(N)=O. The molecule has 0 radical (unpaired) electrons. The zero-order valence-corrected chi connectivity index (χ0v) is 10.9. The number of carbonyl (C=O) groups excluding carboxylic acids is 1. The molecule has 0 unspecified atom stereocenters. The van der Waals surface area contributed by atoms with E-state index in [-0.39, 0.29) is 5.91 Å². The van der Waals surface area contributed by atoms with Gasteiger partial charge in [0.15, 0.2) is 0 Å². The molecule has 0 aliphatic rings. The number of hydrogen-bond acceptors (Lipinski definition) is 4. The third-order valence-electron chi connectivity index (χ3n) is 2.66. The molecule has 0 aromatic carbocycles. The molecule has 0 saturated heterocycles. The van der Waals surface area contributed by atoms with Gasteiger partial charge >= 0.3 is 0 Å². The summed E-state index contributed by atoms with van der Waals surface area (Å²) in [5.74, 6) is -0.234. The number of aromatic nitrogens is 2. The molecule has 1 rings (SSSR count). The lowest BCUT2D eigenvalue weighted by Gasteiger charge is -2.08. The van der Waals surface area contributed by atoms with Gasteiger partial charge in [0, 0.05) is 39.4 Å². The molecule has 6 nitrogen and oxygen atoms in total. The van der Waals surface area contributed by atoms with Crippen molar-refractivity contribution in [3.63, 3.8) is 0 Å². The fourth-order valence-electron chi connectivity index (χ4n) is 1.67. The van der Waals surface area contributed by atoms with E-state index in [1.807, 2.05) is 12.5 Å². The number of unbranched alkanes of at least 4 members (excludes halogenated alkanes) is 1. The number of methoxy groups -OCH3 is 1. The van der Waals surface area contributed by atoms with Crippen molar-refractivity contribution in [3.05, 3.63) is 18.2 Å². The summed E-state index contributed by atoms with van der Waals surface area (Å²) in [7, 11) is 1.69. The highest BCUT2D eigenvalue weighted by molar-refractivity contribution is 5.73. The summed E-state index contributed by atoms with van der Waals surface area (Å²) in [5, 5.41) is 3.28. The molecule has 0 atom stereocenters. The smallest absolute Gasteiger partial charge is 0.217 e. The molecule has 3 N–H and O–H groups in total. The summed E-state index contributed by atoms with van der Waals surface area (Å²) < 4.78 is 7.06. The second kappa shape index (κ2) is 8.66. The van der Waals surface area contributed by atoms with Crippen molar-refractivity contribution in [3.8, 4) is 0 Å². The fraction of sp³-hybridized carbons (Fsp3) is 0.667. The number of amides is 1. The highest BCUT2D eigenvalue weighted by Gasteiger charge is 2.02. The van der Waals surface area contributed by atoms with Crippen LogP contribution in [0.25, 0.3) is 0 Å². The molecular weight excluding hydrogens is 232 g/mol. The third kappa shape index (κ3) is 5.79. The first-order chi connectivity index (χ1) is 8.74. The maximum Gasteiger partial charge on any atom is 0.217 e. The highest BCUT2D eigenvalue weighted by Crippen LogP contribution is 2.03. The van der Waals surface area contributed by atoms with Gasteiger partial charge in [-0.3, -0.25) is 4.79 Å². The number of ether oxygens (including phenoxy) is 1. The molecule has 0 aliphatic heterocycles. The van der Waals surface area contributed by atoms with Gasteiger partial charge in [-0.1, -0.05) is 0 Å². The Morgan fingerprint density at radius 2 is 2.39 bits per heavy atom. The van der Waals surface area contributed by atoms with Gasteiger partial charge in [-0.15, -0.1) is 0 Å². The molecule has 0 aliphatic carbocycles. The summed E-state index contributed by atoms with van der Waals surface area (Å²) in [6, 6.07) is 0. The van der Waals surface area contributed by atoms with E-state index >= 15 is 0 Å². The Morgan fingerprint density at radius 1 is 1.56 bits per heavy atom. The van der Waals surface area contributed by atoms with Crippen molar-refractivity contribution in [2.45, 2.75) is 32.4 Å². The Kier molecular flexibility index (Phi) is 7.05. The van der Waals surface area contributed by atoms with E-state index in [9.17, 15) is 4.79 Å². The van der Waals surface area contributed by atoms with E-state index in [1.165, 1.54) is 0 Å². The van der Waals surface area contributed by atoms with Gasteiger partial charge in [-0.05, 0) is 12.8 Å². The molecule has 0 fully saturated rings. The van der Waals surface area contributed by atoms with E-state index in [1.54, 1.807) is 7.11 Å². The highest BCUT2D eigenvalue weighted by atomic mass is 16.5. The average molecular weight is 254 g/mol. The zero-order chi connectivity index (χ0) is 13.2. The van der Waals surface area contributed by atoms with E-state index < -0.39 is 0 Å². The lowest BCUT2D eigenvalue weighted by molar-refractivity contribution is -0.118. The first-order valence-electron chi connectivity index (χ1n) is 6.21. The molecular formula is C12H22N4O2. The van der Waals surface area contributed by atoms with E-state index in [0.29, 0.717) is 13.0 Å². The van der Waals surface area contributed by atoms with Crippen molar-refractivity contribution < 1.29 is 9.53 Å². The number of nitrogens with one attached hydrogen (secondary N) is 1. The number of carbonyl (C=O) groups is 1. The van der Waals surface area contributed by atoms with Gasteiger partial charge in [0.2, 0.25) is 5.91 Å². The maximum atomic E-state index is 10.6. The Balaban J connectivity index is 2.24. The summed E-state index contributed by atoms with van der Waals surface area (Å²) in [6.45, 7) is 3.17. The number of nitrogens with two attached hydrogens (primary N) is 1. The molecule has 0 spiro atoms. The lowest BCUT2D eigenvalue weighted by atomic mass is 10.2. The fourth-order valence-corrected chi connectivity index (χ4v) is 1.67. The summed E-state index contributed by atoms with van der Waals surface area (Å²) in [4.78, 5) is 14.7. The van der Waals surface area contributed by atoms with Crippen LogP contribution >= 0.6 is 0 Å². The van der Waals surface area contributed by atoms with Crippen molar-refractivity contribution in [1.29, 1.82) is 0 Å². The van der Waals surface area contributed by atoms with Crippen LogP contribution in [0.1, 0.15) is 25.0 Å². The van der Waals surface area contributed by atoms with Crippen molar-refractivity contribution in [2.24, 2.45) is 5.73 Å². The van der Waals surface area contributed by atoms with Crippen LogP contribution in [0.4, 0.5) is 0 Å². The Bertz CT molecular complexity index is 352. The number of hydrogen-bond donors (Lipinski definition) is 2. The number of aryl methyl sites for hydroxylation is 1. The normalized spacial score (nSPS) is 10.7. The van der Waals surface area contributed by atoms with Gasteiger partial charge in [0.05, 0.1) is 18.6 Å². The van der Waals surface area contributed by atoms with Crippen LogP contribution in [0, 0.1) is 0 Å². The van der Waals surface area contributed by atoms with Gasteiger partial charge < -0.3 is 20.4 Å². The Hall–Kier alpha value is -1.40. The van der Waals surface area contributed by atoms with Crippen LogP contribution in [0.15, 0.2) is 12.5 Å². The van der Waals surface area contributed by atoms with E-state index in [2.05, 4.69) is 14.9 Å². The molecule has 0 bridgehead atoms. The Labute approximate surface area is 108 Å². The van der Waals surface area contributed by atoms with Crippen LogP contribution in [0.2, 0.25) is 0 Å². The van der Waals surface area contributed by atoms with Crippen LogP contribution in [-0.4, -0.2) is 35.7 Å². The maximum absolute atomic E-state index is 10.6. The molecule has 0 saturated carbocycles.